The lowest BCUT2D eigenvalue weighted by Gasteiger charge is -2.28. The molecule has 2 aliphatic carbocycles. The van der Waals surface area contributed by atoms with Crippen molar-refractivity contribution in [1.29, 1.82) is 0 Å². The predicted molar refractivity (Wildman–Crippen MR) is 144 cm³/mol. The molecular formula is C29H36F3N5O4. The minimum absolute atomic E-state index is 0.0102. The van der Waals surface area contributed by atoms with Crippen LogP contribution in [0.1, 0.15) is 79.9 Å². The van der Waals surface area contributed by atoms with Gasteiger partial charge in [0.15, 0.2) is 5.69 Å². The van der Waals surface area contributed by atoms with Crippen LogP contribution >= 0.6 is 0 Å². The standard InChI is InChI=1S/C29H36F3N5O4/c30-29(31,32)23-11-4-3-10-22(23)25-15-24(36-37(25)21-8-1-2-9-21)28(40)35-20(14-26(38)34-19-6-5-7-19)12-13-33-27(39)18-16-41-17-18/h3-4,10-11,15,18-21H,1-2,5-9,12-14,16-17H2,(H,33,39)(H,34,38)(H,35,40)/t20-/m0/s1. The van der Waals surface area contributed by atoms with Gasteiger partial charge in [0.05, 0.1) is 36.4 Å². The molecule has 0 spiro atoms. The molecule has 0 unspecified atom stereocenters. The first kappa shape index (κ1) is 29.1. The Hall–Kier alpha value is -3.41. The highest BCUT2D eigenvalue weighted by atomic mass is 19.4. The molecule has 9 nitrogen and oxygen atoms in total. The highest BCUT2D eigenvalue weighted by molar-refractivity contribution is 5.94. The number of amides is 3. The Morgan fingerprint density at radius 3 is 2.41 bits per heavy atom. The van der Waals surface area contributed by atoms with Gasteiger partial charge in [0.25, 0.3) is 5.91 Å². The maximum atomic E-state index is 13.9. The van der Waals surface area contributed by atoms with Gasteiger partial charge in [0.2, 0.25) is 11.8 Å². The summed E-state index contributed by atoms with van der Waals surface area (Å²) in [6.45, 7) is 0.996. The lowest BCUT2D eigenvalue weighted by molar-refractivity contribution is -0.139. The number of carbonyl (C=O) groups is 3. The minimum Gasteiger partial charge on any atom is -0.380 e. The molecule has 222 valence electrons. The van der Waals surface area contributed by atoms with Gasteiger partial charge in [-0.05, 0) is 50.7 Å². The fourth-order valence-corrected chi connectivity index (χ4v) is 5.54. The number of aromatic nitrogens is 2. The second-order valence-electron chi connectivity index (χ2n) is 11.2. The molecule has 1 atom stereocenters. The first-order chi connectivity index (χ1) is 19.7. The average Bonchev–Trinajstić information content (AvgIpc) is 3.55. The van der Waals surface area contributed by atoms with Crippen molar-refractivity contribution in [2.75, 3.05) is 19.8 Å². The van der Waals surface area contributed by atoms with Gasteiger partial charge in [-0.2, -0.15) is 18.3 Å². The molecule has 1 saturated heterocycles. The van der Waals surface area contributed by atoms with Crippen LogP contribution in [-0.4, -0.2) is 59.3 Å². The Balaban J connectivity index is 1.34. The zero-order valence-corrected chi connectivity index (χ0v) is 22.8. The number of benzene rings is 1. The lowest BCUT2D eigenvalue weighted by Crippen LogP contribution is -2.46. The highest BCUT2D eigenvalue weighted by Crippen LogP contribution is 2.40. The van der Waals surface area contributed by atoms with Crippen LogP contribution in [0.3, 0.4) is 0 Å². The molecule has 41 heavy (non-hydrogen) atoms. The van der Waals surface area contributed by atoms with Crippen molar-refractivity contribution >= 4 is 17.7 Å². The number of hydrogen-bond donors (Lipinski definition) is 3. The number of nitrogens with one attached hydrogen (secondary N) is 3. The van der Waals surface area contributed by atoms with E-state index in [2.05, 4.69) is 21.0 Å². The molecular weight excluding hydrogens is 539 g/mol. The second kappa shape index (κ2) is 12.6. The normalized spacial score (nSPS) is 18.8. The van der Waals surface area contributed by atoms with Crippen molar-refractivity contribution in [2.24, 2.45) is 5.92 Å². The van der Waals surface area contributed by atoms with Crippen LogP contribution in [0, 0.1) is 5.92 Å². The van der Waals surface area contributed by atoms with Crippen LogP contribution in [-0.2, 0) is 20.5 Å². The van der Waals surface area contributed by atoms with E-state index < -0.39 is 23.7 Å². The topological polar surface area (TPSA) is 114 Å². The fraction of sp³-hybridized carbons (Fsp3) is 0.586. The number of alkyl halides is 3. The van der Waals surface area contributed by atoms with E-state index in [0.717, 1.165) is 51.0 Å². The van der Waals surface area contributed by atoms with Gasteiger partial charge in [-0.15, -0.1) is 0 Å². The third-order valence-corrected chi connectivity index (χ3v) is 8.19. The van der Waals surface area contributed by atoms with Crippen molar-refractivity contribution in [1.82, 2.24) is 25.7 Å². The van der Waals surface area contributed by atoms with E-state index in [1.165, 1.54) is 24.3 Å². The Labute approximate surface area is 236 Å². The smallest absolute Gasteiger partial charge is 0.380 e. The molecule has 1 aliphatic heterocycles. The molecule has 1 aromatic carbocycles. The molecule has 2 aromatic rings. The summed E-state index contributed by atoms with van der Waals surface area (Å²) in [5.74, 6) is -1.10. The SMILES string of the molecule is O=C(C[C@H](CCNC(=O)C1COC1)NC(=O)c1cc(-c2ccccc2C(F)(F)F)n(C2CCCC2)n1)NC1CCC1. The van der Waals surface area contributed by atoms with E-state index in [1.807, 2.05) is 0 Å². The Morgan fingerprint density at radius 2 is 1.78 bits per heavy atom. The third kappa shape index (κ3) is 7.09. The van der Waals surface area contributed by atoms with E-state index in [0.29, 0.717) is 19.6 Å². The number of halogens is 3. The first-order valence-corrected chi connectivity index (χ1v) is 14.4. The molecule has 3 aliphatic rings. The van der Waals surface area contributed by atoms with Gasteiger partial charge in [-0.3, -0.25) is 19.1 Å². The van der Waals surface area contributed by atoms with Gasteiger partial charge in [-0.1, -0.05) is 31.0 Å². The minimum atomic E-state index is -4.57. The average molecular weight is 576 g/mol. The molecule has 3 fully saturated rings. The Kier molecular flexibility index (Phi) is 8.96. The zero-order valence-electron chi connectivity index (χ0n) is 22.8. The molecule has 0 bridgehead atoms. The highest BCUT2D eigenvalue weighted by Gasteiger charge is 2.35. The molecule has 0 radical (unpaired) electrons. The number of carbonyl (C=O) groups excluding carboxylic acids is 3. The first-order valence-electron chi connectivity index (χ1n) is 14.4. The molecule has 2 heterocycles. The maximum Gasteiger partial charge on any atom is 0.417 e. The van der Waals surface area contributed by atoms with Gasteiger partial charge >= 0.3 is 6.18 Å². The van der Waals surface area contributed by atoms with Gasteiger partial charge in [-0.25, -0.2) is 0 Å². The predicted octanol–water partition coefficient (Wildman–Crippen LogP) is 3.99. The van der Waals surface area contributed by atoms with E-state index in [1.54, 1.807) is 4.68 Å². The van der Waals surface area contributed by atoms with Crippen molar-refractivity contribution < 1.29 is 32.3 Å². The van der Waals surface area contributed by atoms with Crippen LogP contribution in [0.5, 0.6) is 0 Å². The summed E-state index contributed by atoms with van der Waals surface area (Å²) in [7, 11) is 0. The van der Waals surface area contributed by atoms with E-state index >= 15 is 0 Å². The van der Waals surface area contributed by atoms with Crippen LogP contribution in [0.2, 0.25) is 0 Å². The zero-order chi connectivity index (χ0) is 29.0. The molecule has 3 amide bonds. The molecule has 3 N–H and O–H groups in total. The van der Waals surface area contributed by atoms with Crippen LogP contribution < -0.4 is 16.0 Å². The summed E-state index contributed by atoms with van der Waals surface area (Å²) < 4.78 is 48.3. The van der Waals surface area contributed by atoms with E-state index in [-0.39, 0.29) is 59.7 Å². The van der Waals surface area contributed by atoms with E-state index in [9.17, 15) is 27.6 Å². The summed E-state index contributed by atoms with van der Waals surface area (Å²) in [6.07, 6.45) is 2.04. The molecule has 12 heteroatoms. The van der Waals surface area contributed by atoms with Crippen molar-refractivity contribution in [3.8, 4) is 11.3 Å². The molecule has 1 aromatic heterocycles. The molecule has 5 rings (SSSR count). The lowest BCUT2D eigenvalue weighted by atomic mass is 9.93. The second-order valence-corrected chi connectivity index (χ2v) is 11.2. The number of nitrogens with zero attached hydrogens (tertiary/aromatic N) is 2. The van der Waals surface area contributed by atoms with Gasteiger partial charge < -0.3 is 20.7 Å². The summed E-state index contributed by atoms with van der Waals surface area (Å²) >= 11 is 0. The van der Waals surface area contributed by atoms with Crippen molar-refractivity contribution in [3.05, 3.63) is 41.6 Å². The Bertz CT molecular complexity index is 1250. The van der Waals surface area contributed by atoms with Crippen LogP contribution in [0.4, 0.5) is 13.2 Å². The van der Waals surface area contributed by atoms with Crippen molar-refractivity contribution in [2.45, 2.75) is 82.1 Å². The monoisotopic (exact) mass is 575 g/mol. The molecule has 2 saturated carbocycles. The number of ether oxygens (including phenoxy) is 1. The third-order valence-electron chi connectivity index (χ3n) is 8.19. The number of rotatable bonds is 11. The van der Waals surface area contributed by atoms with Gasteiger partial charge in [0.1, 0.15) is 0 Å². The largest absolute Gasteiger partial charge is 0.417 e. The van der Waals surface area contributed by atoms with E-state index in [4.69, 9.17) is 4.74 Å². The maximum absolute atomic E-state index is 13.9. The summed E-state index contributed by atoms with van der Waals surface area (Å²) in [5.41, 5.74) is -0.588. The Morgan fingerprint density at radius 1 is 1.05 bits per heavy atom. The quantitative estimate of drug-likeness (QED) is 0.375. The van der Waals surface area contributed by atoms with Crippen LogP contribution in [0.25, 0.3) is 11.3 Å². The van der Waals surface area contributed by atoms with Gasteiger partial charge in [0, 0.05) is 30.6 Å². The van der Waals surface area contributed by atoms with Crippen LogP contribution in [0.15, 0.2) is 30.3 Å². The fourth-order valence-electron chi connectivity index (χ4n) is 5.54. The number of hydrogen-bond acceptors (Lipinski definition) is 5. The summed E-state index contributed by atoms with van der Waals surface area (Å²) in [5, 5.41) is 13.2. The van der Waals surface area contributed by atoms with Crippen molar-refractivity contribution in [3.63, 3.8) is 0 Å². The summed E-state index contributed by atoms with van der Waals surface area (Å²) in [4.78, 5) is 38.3. The summed E-state index contributed by atoms with van der Waals surface area (Å²) in [6, 6.07) is 6.13.